The van der Waals surface area contributed by atoms with Crippen LogP contribution in [0.5, 0.6) is 17.2 Å². The summed E-state index contributed by atoms with van der Waals surface area (Å²) in [6.07, 6.45) is 1.69. The van der Waals surface area contributed by atoms with Gasteiger partial charge in [-0.25, -0.2) is 0 Å². The Labute approximate surface area is 115 Å². The van der Waals surface area contributed by atoms with E-state index in [-0.39, 0.29) is 18.4 Å². The van der Waals surface area contributed by atoms with Gasteiger partial charge < -0.3 is 19.9 Å². The molecule has 18 heavy (non-hydrogen) atoms. The lowest BCUT2D eigenvalue weighted by Gasteiger charge is -2.16. The monoisotopic (exact) mass is 275 g/mol. The molecule has 0 aliphatic carbocycles. The molecule has 0 saturated heterocycles. The van der Waals surface area contributed by atoms with Crippen LogP contribution in [-0.4, -0.2) is 27.4 Å². The highest BCUT2D eigenvalue weighted by molar-refractivity contribution is 5.85. The Morgan fingerprint density at radius 1 is 1.00 bits per heavy atom. The average molecular weight is 276 g/mol. The van der Waals surface area contributed by atoms with Crippen LogP contribution < -0.4 is 19.9 Å². The van der Waals surface area contributed by atoms with E-state index >= 15 is 0 Å². The number of ether oxygens (including phenoxy) is 3. The summed E-state index contributed by atoms with van der Waals surface area (Å²) in [4.78, 5) is 0. The van der Waals surface area contributed by atoms with Crippen LogP contribution in [0.15, 0.2) is 12.1 Å². The van der Waals surface area contributed by atoms with E-state index in [4.69, 9.17) is 19.9 Å². The molecule has 0 aliphatic heterocycles. The normalized spacial score (nSPS) is 11.4. The molecule has 1 aromatic rings. The Bertz CT molecular complexity index is 371. The molecule has 0 aliphatic rings. The molecule has 2 N–H and O–H groups in total. The fraction of sp³-hybridized carbons (Fsp3) is 0.538. The third-order valence-corrected chi connectivity index (χ3v) is 2.79. The summed E-state index contributed by atoms with van der Waals surface area (Å²) in [5.74, 6) is 2.15. The Morgan fingerprint density at radius 2 is 1.50 bits per heavy atom. The molecule has 104 valence electrons. The van der Waals surface area contributed by atoms with Crippen molar-refractivity contribution in [3.8, 4) is 17.2 Å². The highest BCUT2D eigenvalue weighted by Gasteiger charge is 2.13. The zero-order valence-electron chi connectivity index (χ0n) is 11.4. The minimum atomic E-state index is 0. The lowest BCUT2D eigenvalue weighted by molar-refractivity contribution is 0.347. The van der Waals surface area contributed by atoms with E-state index in [2.05, 4.69) is 6.92 Å². The van der Waals surface area contributed by atoms with Gasteiger partial charge in [0.2, 0.25) is 0 Å². The van der Waals surface area contributed by atoms with Crippen molar-refractivity contribution in [3.05, 3.63) is 17.7 Å². The van der Waals surface area contributed by atoms with Gasteiger partial charge in [-0.3, -0.25) is 0 Å². The van der Waals surface area contributed by atoms with Crippen LogP contribution in [-0.2, 0) is 6.42 Å². The number of hydrogen-bond donors (Lipinski definition) is 1. The summed E-state index contributed by atoms with van der Waals surface area (Å²) in [5, 5.41) is 0. The maximum atomic E-state index is 5.96. The molecular weight excluding hydrogens is 254 g/mol. The molecule has 0 amide bonds. The van der Waals surface area contributed by atoms with Gasteiger partial charge in [-0.05, 0) is 24.5 Å². The van der Waals surface area contributed by atoms with E-state index in [1.807, 2.05) is 12.1 Å². The number of methoxy groups -OCH3 is 3. The maximum absolute atomic E-state index is 5.96. The van der Waals surface area contributed by atoms with Crippen LogP contribution in [0.25, 0.3) is 0 Å². The minimum Gasteiger partial charge on any atom is -0.496 e. The number of rotatable bonds is 6. The molecule has 1 aromatic carbocycles. The molecule has 0 saturated carbocycles. The number of halogens is 1. The molecule has 0 aromatic heterocycles. The first-order valence-electron chi connectivity index (χ1n) is 5.70. The Hall–Kier alpha value is -1.13. The topological polar surface area (TPSA) is 53.7 Å². The molecular formula is C13H22ClNO3. The first-order valence-corrected chi connectivity index (χ1v) is 5.70. The van der Waals surface area contributed by atoms with Crippen LogP contribution in [0.4, 0.5) is 0 Å². The van der Waals surface area contributed by atoms with Gasteiger partial charge in [-0.1, -0.05) is 6.92 Å². The predicted octanol–water partition coefficient (Wildman–Crippen LogP) is 2.41. The number of hydrogen-bond acceptors (Lipinski definition) is 4. The summed E-state index contributed by atoms with van der Waals surface area (Å²) in [5.41, 5.74) is 7.00. The van der Waals surface area contributed by atoms with Crippen molar-refractivity contribution < 1.29 is 14.2 Å². The highest BCUT2D eigenvalue weighted by atomic mass is 35.5. The molecule has 0 bridgehead atoms. The van der Waals surface area contributed by atoms with Crippen molar-refractivity contribution in [2.75, 3.05) is 21.3 Å². The third-order valence-electron chi connectivity index (χ3n) is 2.79. The van der Waals surface area contributed by atoms with E-state index < -0.39 is 0 Å². The highest BCUT2D eigenvalue weighted by Crippen LogP contribution is 2.35. The molecule has 0 spiro atoms. The van der Waals surface area contributed by atoms with Crippen molar-refractivity contribution in [2.45, 2.75) is 25.8 Å². The molecule has 5 heteroatoms. The SMILES string of the molecule is CCC(N)Cc1cc(OC)c(OC)cc1OC.Cl. The fourth-order valence-electron chi connectivity index (χ4n) is 1.68. The quantitative estimate of drug-likeness (QED) is 0.866. The van der Waals surface area contributed by atoms with Gasteiger partial charge in [0.15, 0.2) is 11.5 Å². The van der Waals surface area contributed by atoms with E-state index in [1.165, 1.54) is 0 Å². The predicted molar refractivity (Wildman–Crippen MR) is 75.3 cm³/mol. The van der Waals surface area contributed by atoms with Crippen LogP contribution in [0.2, 0.25) is 0 Å². The Morgan fingerprint density at radius 3 is 1.94 bits per heavy atom. The standard InChI is InChI=1S/C13H21NO3.ClH/c1-5-10(14)6-9-7-12(16-3)13(17-4)8-11(9)15-2;/h7-8,10H,5-6,14H2,1-4H3;1H. The van der Waals surface area contributed by atoms with Crippen molar-refractivity contribution in [3.63, 3.8) is 0 Å². The lowest BCUT2D eigenvalue weighted by atomic mass is 10.0. The summed E-state index contributed by atoms with van der Waals surface area (Å²) in [7, 11) is 4.87. The van der Waals surface area contributed by atoms with Gasteiger partial charge in [0.05, 0.1) is 21.3 Å². The first kappa shape index (κ1) is 16.9. The zero-order valence-corrected chi connectivity index (χ0v) is 12.2. The van der Waals surface area contributed by atoms with E-state index in [1.54, 1.807) is 21.3 Å². The minimum absolute atomic E-state index is 0. The van der Waals surface area contributed by atoms with Gasteiger partial charge in [-0.2, -0.15) is 0 Å². The van der Waals surface area contributed by atoms with Crippen molar-refractivity contribution in [1.82, 2.24) is 0 Å². The van der Waals surface area contributed by atoms with Gasteiger partial charge in [0.1, 0.15) is 5.75 Å². The van der Waals surface area contributed by atoms with Gasteiger partial charge in [-0.15, -0.1) is 12.4 Å². The molecule has 1 unspecified atom stereocenters. The molecule has 4 nitrogen and oxygen atoms in total. The van der Waals surface area contributed by atoms with Crippen molar-refractivity contribution in [1.29, 1.82) is 0 Å². The van der Waals surface area contributed by atoms with Crippen LogP contribution in [0.1, 0.15) is 18.9 Å². The average Bonchev–Trinajstić information content (AvgIpc) is 2.37. The summed E-state index contributed by atoms with van der Waals surface area (Å²) >= 11 is 0. The summed E-state index contributed by atoms with van der Waals surface area (Å²) in [6, 6.07) is 3.88. The van der Waals surface area contributed by atoms with Gasteiger partial charge in [0, 0.05) is 12.1 Å². The largest absolute Gasteiger partial charge is 0.496 e. The molecule has 1 atom stereocenters. The van der Waals surface area contributed by atoms with E-state index in [0.29, 0.717) is 11.5 Å². The van der Waals surface area contributed by atoms with Gasteiger partial charge in [0.25, 0.3) is 0 Å². The fourth-order valence-corrected chi connectivity index (χ4v) is 1.68. The number of nitrogens with two attached hydrogens (primary N) is 1. The van der Waals surface area contributed by atoms with Crippen molar-refractivity contribution >= 4 is 12.4 Å². The smallest absolute Gasteiger partial charge is 0.164 e. The van der Waals surface area contributed by atoms with Crippen LogP contribution in [0.3, 0.4) is 0 Å². The summed E-state index contributed by atoms with van der Waals surface area (Å²) < 4.78 is 15.8. The maximum Gasteiger partial charge on any atom is 0.164 e. The molecule has 1 rings (SSSR count). The second kappa shape index (κ2) is 8.06. The Balaban J connectivity index is 0.00000289. The molecule has 0 fully saturated rings. The molecule has 0 heterocycles. The third kappa shape index (κ3) is 3.96. The summed E-state index contributed by atoms with van der Waals surface area (Å²) in [6.45, 7) is 2.07. The first-order chi connectivity index (χ1) is 8.15. The Kier molecular flexibility index (Phi) is 7.55. The van der Waals surface area contributed by atoms with Crippen molar-refractivity contribution in [2.24, 2.45) is 5.73 Å². The zero-order chi connectivity index (χ0) is 12.8. The second-order valence-electron chi connectivity index (χ2n) is 3.89. The molecule has 0 radical (unpaired) electrons. The lowest BCUT2D eigenvalue weighted by Crippen LogP contribution is -2.21. The van der Waals surface area contributed by atoms with E-state index in [9.17, 15) is 0 Å². The van der Waals surface area contributed by atoms with E-state index in [0.717, 1.165) is 24.2 Å². The van der Waals surface area contributed by atoms with Crippen LogP contribution in [0, 0.1) is 0 Å². The van der Waals surface area contributed by atoms with Crippen LogP contribution >= 0.6 is 12.4 Å². The second-order valence-corrected chi connectivity index (χ2v) is 3.89. The van der Waals surface area contributed by atoms with Gasteiger partial charge >= 0.3 is 0 Å². The number of benzene rings is 1.